The maximum Gasteiger partial charge on any atom is 0.266 e. The van der Waals surface area contributed by atoms with Gasteiger partial charge in [-0.05, 0) is 50.1 Å². The Labute approximate surface area is 163 Å². The van der Waals surface area contributed by atoms with Gasteiger partial charge in [0.25, 0.3) is 5.56 Å². The molecule has 0 unspecified atom stereocenters. The molecule has 0 aliphatic carbocycles. The van der Waals surface area contributed by atoms with Crippen LogP contribution in [0, 0.1) is 13.8 Å². The van der Waals surface area contributed by atoms with E-state index in [1.54, 1.807) is 29.6 Å². The van der Waals surface area contributed by atoms with Gasteiger partial charge in [0.05, 0.1) is 21.8 Å². The van der Waals surface area contributed by atoms with E-state index in [2.05, 4.69) is 0 Å². The summed E-state index contributed by atoms with van der Waals surface area (Å²) in [5.74, 6) is -0.0186. The van der Waals surface area contributed by atoms with Gasteiger partial charge in [0, 0.05) is 14.1 Å². The van der Waals surface area contributed by atoms with Gasteiger partial charge in [0.1, 0.15) is 0 Å². The molecule has 0 aliphatic heterocycles. The first kappa shape index (κ1) is 19.2. The second kappa shape index (κ2) is 7.56. The highest BCUT2D eigenvalue weighted by atomic mass is 32.2. The molecule has 27 heavy (non-hydrogen) atoms. The third-order valence-corrected chi connectivity index (χ3v) is 5.67. The number of amides is 1. The molecular weight excluding hydrogens is 358 g/mol. The number of para-hydroxylation sites is 1. The number of nitrogens with zero attached hydrogens (tertiary/aromatic N) is 3. The van der Waals surface area contributed by atoms with Crippen molar-refractivity contribution in [3.05, 3.63) is 63.9 Å². The monoisotopic (exact) mass is 381 g/mol. The molecule has 0 radical (unpaired) electrons. The van der Waals surface area contributed by atoms with Crippen molar-refractivity contribution in [1.29, 1.82) is 0 Å². The summed E-state index contributed by atoms with van der Waals surface area (Å²) in [4.78, 5) is 31.9. The lowest BCUT2D eigenvalue weighted by molar-refractivity contribution is -0.127. The first-order valence-electron chi connectivity index (χ1n) is 8.77. The topological polar surface area (TPSA) is 55.2 Å². The minimum Gasteiger partial charge on any atom is -0.348 e. The maximum absolute atomic E-state index is 13.3. The molecule has 0 spiro atoms. The summed E-state index contributed by atoms with van der Waals surface area (Å²) in [5, 5.41) is 0.730. The van der Waals surface area contributed by atoms with Gasteiger partial charge in [0.2, 0.25) is 5.91 Å². The highest BCUT2D eigenvalue weighted by Gasteiger charge is 2.22. The van der Waals surface area contributed by atoms with E-state index in [1.807, 2.05) is 57.2 Å². The van der Waals surface area contributed by atoms with E-state index in [4.69, 9.17) is 4.98 Å². The minimum atomic E-state index is -0.357. The van der Waals surface area contributed by atoms with Crippen LogP contribution in [-0.2, 0) is 4.79 Å². The largest absolute Gasteiger partial charge is 0.348 e. The number of rotatable bonds is 4. The predicted molar refractivity (Wildman–Crippen MR) is 111 cm³/mol. The number of thioether (sulfide) groups is 1. The van der Waals surface area contributed by atoms with Crippen LogP contribution in [0.3, 0.4) is 0 Å². The van der Waals surface area contributed by atoms with Crippen LogP contribution in [0.25, 0.3) is 16.6 Å². The maximum atomic E-state index is 13.3. The van der Waals surface area contributed by atoms with Crippen molar-refractivity contribution >= 4 is 28.6 Å². The number of carbonyl (C=O) groups is 1. The van der Waals surface area contributed by atoms with E-state index >= 15 is 0 Å². The molecule has 3 rings (SSSR count). The standard InChI is InChI=1S/C21H23N3O2S/c1-13-9-8-12-18(14(13)2)24-20(26)16-10-6-7-11-17(16)22-21(24)27-15(3)19(25)23(4)5/h6-12,15H,1-5H3/t15-/m1/s1. The number of benzene rings is 2. The molecule has 0 aliphatic rings. The average molecular weight is 382 g/mol. The van der Waals surface area contributed by atoms with E-state index in [0.29, 0.717) is 16.1 Å². The van der Waals surface area contributed by atoms with Crippen molar-refractivity contribution in [3.63, 3.8) is 0 Å². The number of fused-ring (bicyclic) bond motifs is 1. The average Bonchev–Trinajstić information content (AvgIpc) is 2.64. The summed E-state index contributed by atoms with van der Waals surface area (Å²) in [6.45, 7) is 5.85. The first-order valence-corrected chi connectivity index (χ1v) is 9.65. The molecule has 1 heterocycles. The molecule has 1 atom stereocenters. The van der Waals surface area contributed by atoms with Gasteiger partial charge in [-0.2, -0.15) is 0 Å². The van der Waals surface area contributed by atoms with Crippen LogP contribution in [0.1, 0.15) is 18.1 Å². The summed E-state index contributed by atoms with van der Waals surface area (Å²) in [7, 11) is 3.45. The highest BCUT2D eigenvalue weighted by molar-refractivity contribution is 8.00. The minimum absolute atomic E-state index is 0.0186. The Balaban J connectivity index is 2.26. The van der Waals surface area contributed by atoms with Gasteiger partial charge in [-0.25, -0.2) is 4.98 Å². The van der Waals surface area contributed by atoms with E-state index < -0.39 is 0 Å². The Bertz CT molecular complexity index is 1070. The molecule has 0 fully saturated rings. The Morgan fingerprint density at radius 2 is 1.81 bits per heavy atom. The second-order valence-electron chi connectivity index (χ2n) is 6.76. The van der Waals surface area contributed by atoms with Crippen LogP contribution in [0.4, 0.5) is 0 Å². The fourth-order valence-corrected chi connectivity index (χ4v) is 4.02. The molecule has 0 N–H and O–H groups in total. The van der Waals surface area contributed by atoms with E-state index in [0.717, 1.165) is 16.8 Å². The molecule has 6 heteroatoms. The van der Waals surface area contributed by atoms with E-state index in [1.165, 1.54) is 11.8 Å². The molecule has 1 amide bonds. The summed E-state index contributed by atoms with van der Waals surface area (Å²) in [6, 6.07) is 13.2. The van der Waals surface area contributed by atoms with Crippen LogP contribution in [0.2, 0.25) is 0 Å². The molecule has 0 bridgehead atoms. The van der Waals surface area contributed by atoms with Crippen molar-refractivity contribution in [2.75, 3.05) is 14.1 Å². The smallest absolute Gasteiger partial charge is 0.266 e. The summed E-state index contributed by atoms with van der Waals surface area (Å²) < 4.78 is 1.63. The Morgan fingerprint density at radius 1 is 1.11 bits per heavy atom. The van der Waals surface area contributed by atoms with Gasteiger partial charge in [0.15, 0.2) is 5.16 Å². The molecule has 3 aromatic rings. The third kappa shape index (κ3) is 3.62. The summed E-state index contributed by atoms with van der Waals surface area (Å²) >= 11 is 1.31. The number of carbonyl (C=O) groups excluding carboxylic acids is 1. The van der Waals surface area contributed by atoms with Crippen LogP contribution in [0.5, 0.6) is 0 Å². The number of hydrogen-bond donors (Lipinski definition) is 0. The van der Waals surface area contributed by atoms with Crippen molar-refractivity contribution < 1.29 is 4.79 Å². The van der Waals surface area contributed by atoms with Gasteiger partial charge in [-0.3, -0.25) is 14.2 Å². The van der Waals surface area contributed by atoms with Gasteiger partial charge in [-0.15, -0.1) is 0 Å². The van der Waals surface area contributed by atoms with Gasteiger partial charge >= 0.3 is 0 Å². The lowest BCUT2D eigenvalue weighted by Crippen LogP contribution is -2.31. The lowest BCUT2D eigenvalue weighted by atomic mass is 10.1. The van der Waals surface area contributed by atoms with Crippen molar-refractivity contribution in [1.82, 2.24) is 14.5 Å². The normalized spacial score (nSPS) is 12.2. The summed E-state index contributed by atoms with van der Waals surface area (Å²) in [6.07, 6.45) is 0. The fourth-order valence-electron chi connectivity index (χ4n) is 2.95. The zero-order valence-electron chi connectivity index (χ0n) is 16.2. The number of aryl methyl sites for hydroxylation is 1. The summed E-state index contributed by atoms with van der Waals surface area (Å²) in [5.41, 5.74) is 3.42. The van der Waals surface area contributed by atoms with Crippen LogP contribution < -0.4 is 5.56 Å². The molecule has 5 nitrogen and oxygen atoms in total. The van der Waals surface area contributed by atoms with Crippen LogP contribution in [0.15, 0.2) is 52.4 Å². The van der Waals surface area contributed by atoms with Crippen molar-refractivity contribution in [2.45, 2.75) is 31.2 Å². The predicted octanol–water partition coefficient (Wildman–Crippen LogP) is 3.57. The van der Waals surface area contributed by atoms with E-state index in [-0.39, 0.29) is 16.7 Å². The zero-order chi connectivity index (χ0) is 19.7. The van der Waals surface area contributed by atoms with Crippen molar-refractivity contribution in [3.8, 4) is 5.69 Å². The SMILES string of the molecule is Cc1cccc(-n2c(S[C@H](C)C(=O)N(C)C)nc3ccccc3c2=O)c1C. The van der Waals surface area contributed by atoms with E-state index in [9.17, 15) is 9.59 Å². The lowest BCUT2D eigenvalue weighted by Gasteiger charge is -2.20. The van der Waals surface area contributed by atoms with Crippen molar-refractivity contribution in [2.24, 2.45) is 0 Å². The molecule has 140 valence electrons. The number of hydrogen-bond acceptors (Lipinski definition) is 4. The molecule has 1 aromatic heterocycles. The molecule has 0 saturated carbocycles. The molecule has 0 saturated heterocycles. The quantitative estimate of drug-likeness (QED) is 0.512. The molecular formula is C21H23N3O2S. The highest BCUT2D eigenvalue weighted by Crippen LogP contribution is 2.27. The second-order valence-corrected chi connectivity index (χ2v) is 8.07. The van der Waals surface area contributed by atoms with Crippen LogP contribution >= 0.6 is 11.8 Å². The Hall–Kier alpha value is -2.60. The third-order valence-electron chi connectivity index (χ3n) is 4.63. The van der Waals surface area contributed by atoms with Gasteiger partial charge < -0.3 is 4.90 Å². The Kier molecular flexibility index (Phi) is 5.37. The first-order chi connectivity index (χ1) is 12.8. The fraction of sp³-hybridized carbons (Fsp3) is 0.286. The van der Waals surface area contributed by atoms with Gasteiger partial charge in [-0.1, -0.05) is 36.0 Å². The number of aromatic nitrogens is 2. The Morgan fingerprint density at radius 3 is 2.52 bits per heavy atom. The molecule has 2 aromatic carbocycles. The zero-order valence-corrected chi connectivity index (χ0v) is 17.0. The van der Waals surface area contributed by atoms with Crippen LogP contribution in [-0.4, -0.2) is 39.7 Å².